The van der Waals surface area contributed by atoms with Crippen molar-refractivity contribution in [3.05, 3.63) is 59.7 Å². The molecule has 0 radical (unpaired) electrons. The third-order valence-electron chi connectivity index (χ3n) is 5.53. The summed E-state index contributed by atoms with van der Waals surface area (Å²) in [6, 6.07) is 14.0. The third kappa shape index (κ3) is 4.47. The van der Waals surface area contributed by atoms with Gasteiger partial charge in [-0.05, 0) is 36.6 Å². The van der Waals surface area contributed by atoms with E-state index in [1.807, 2.05) is 24.3 Å². The maximum Gasteiger partial charge on any atom is 0.325 e. The number of carbonyl (C=O) groups is 3. The Morgan fingerprint density at radius 3 is 2.39 bits per heavy atom. The minimum absolute atomic E-state index is 0.310. The molecule has 1 saturated heterocycles. The van der Waals surface area contributed by atoms with Crippen molar-refractivity contribution in [2.45, 2.75) is 18.9 Å². The molecule has 0 aromatic heterocycles. The van der Waals surface area contributed by atoms with Crippen molar-refractivity contribution in [1.29, 1.82) is 0 Å². The summed E-state index contributed by atoms with van der Waals surface area (Å²) in [4.78, 5) is 40.6. The predicted octanol–water partition coefficient (Wildman–Crippen LogP) is 2.17. The SMILES string of the molecule is COc1ccc(CCN(C)C(=O)CN2C(=O)N[C@](C)(c3ccccc3)C2=O)cc1OC. The van der Waals surface area contributed by atoms with E-state index in [0.29, 0.717) is 30.0 Å². The summed E-state index contributed by atoms with van der Waals surface area (Å²) >= 11 is 0. The predicted molar refractivity (Wildman–Crippen MR) is 115 cm³/mol. The topological polar surface area (TPSA) is 88.2 Å². The van der Waals surface area contributed by atoms with Crippen molar-refractivity contribution in [3.8, 4) is 11.5 Å². The van der Waals surface area contributed by atoms with Gasteiger partial charge in [-0.2, -0.15) is 0 Å². The first kappa shape index (κ1) is 22.1. The number of rotatable bonds is 8. The van der Waals surface area contributed by atoms with Crippen LogP contribution in [0, 0.1) is 0 Å². The largest absolute Gasteiger partial charge is 0.493 e. The van der Waals surface area contributed by atoms with Gasteiger partial charge in [-0.15, -0.1) is 0 Å². The van der Waals surface area contributed by atoms with Crippen molar-refractivity contribution in [3.63, 3.8) is 0 Å². The van der Waals surface area contributed by atoms with Crippen molar-refractivity contribution < 1.29 is 23.9 Å². The smallest absolute Gasteiger partial charge is 0.325 e. The number of nitrogens with zero attached hydrogens (tertiary/aromatic N) is 2. The molecule has 3 rings (SSSR count). The summed E-state index contributed by atoms with van der Waals surface area (Å²) in [5.41, 5.74) is 0.464. The highest BCUT2D eigenvalue weighted by molar-refractivity contribution is 6.09. The molecule has 0 unspecified atom stereocenters. The molecule has 1 fully saturated rings. The minimum Gasteiger partial charge on any atom is -0.493 e. The standard InChI is InChI=1S/C23H27N3O5/c1-23(17-8-6-5-7-9-17)21(28)26(22(29)24-23)15-20(27)25(2)13-12-16-10-11-18(30-3)19(14-16)31-4/h5-11,14H,12-13,15H2,1-4H3,(H,24,29)/t23-/m1/s1. The average Bonchev–Trinajstić information content (AvgIpc) is 3.01. The lowest BCUT2D eigenvalue weighted by Gasteiger charge is -2.23. The summed E-state index contributed by atoms with van der Waals surface area (Å²) in [6.07, 6.45) is 0.588. The number of benzene rings is 2. The summed E-state index contributed by atoms with van der Waals surface area (Å²) in [7, 11) is 4.79. The van der Waals surface area contributed by atoms with E-state index in [9.17, 15) is 14.4 Å². The van der Waals surface area contributed by atoms with Gasteiger partial charge in [-0.1, -0.05) is 36.4 Å². The molecule has 8 nitrogen and oxygen atoms in total. The average molecular weight is 425 g/mol. The second-order valence-electron chi connectivity index (χ2n) is 7.57. The summed E-state index contributed by atoms with van der Waals surface area (Å²) in [5, 5.41) is 2.71. The molecule has 164 valence electrons. The van der Waals surface area contributed by atoms with E-state index in [1.165, 1.54) is 4.90 Å². The van der Waals surface area contributed by atoms with E-state index in [0.717, 1.165) is 10.5 Å². The van der Waals surface area contributed by atoms with Crippen LogP contribution in [0.1, 0.15) is 18.1 Å². The Hall–Kier alpha value is -3.55. The van der Waals surface area contributed by atoms with Crippen LogP contribution in [-0.4, -0.2) is 62.0 Å². The molecule has 0 aliphatic carbocycles. The molecule has 1 heterocycles. The van der Waals surface area contributed by atoms with Crippen molar-refractivity contribution >= 4 is 17.8 Å². The fourth-order valence-corrected chi connectivity index (χ4v) is 3.52. The molecule has 31 heavy (non-hydrogen) atoms. The van der Waals surface area contributed by atoms with Crippen LogP contribution >= 0.6 is 0 Å². The molecule has 1 aliphatic rings. The van der Waals surface area contributed by atoms with Gasteiger partial charge in [-0.25, -0.2) is 4.79 Å². The van der Waals surface area contributed by atoms with Crippen molar-refractivity contribution in [2.75, 3.05) is 34.4 Å². The number of carbonyl (C=O) groups excluding carboxylic acids is 3. The highest BCUT2D eigenvalue weighted by atomic mass is 16.5. The third-order valence-corrected chi connectivity index (χ3v) is 5.53. The van der Waals surface area contributed by atoms with Crippen LogP contribution in [0.25, 0.3) is 0 Å². The lowest BCUT2D eigenvalue weighted by molar-refractivity contribution is -0.138. The van der Waals surface area contributed by atoms with Crippen LogP contribution in [0.5, 0.6) is 11.5 Å². The number of likely N-dealkylation sites (N-methyl/N-ethyl adjacent to an activating group) is 1. The molecule has 0 bridgehead atoms. The maximum absolute atomic E-state index is 13.0. The monoisotopic (exact) mass is 425 g/mol. The number of hydrogen-bond donors (Lipinski definition) is 1. The van der Waals surface area contributed by atoms with Gasteiger partial charge in [0.05, 0.1) is 14.2 Å². The van der Waals surface area contributed by atoms with E-state index in [-0.39, 0.29) is 12.5 Å². The van der Waals surface area contributed by atoms with Crippen molar-refractivity contribution in [2.24, 2.45) is 0 Å². The number of nitrogens with one attached hydrogen (secondary N) is 1. The van der Waals surface area contributed by atoms with Gasteiger partial charge in [0.15, 0.2) is 11.5 Å². The summed E-state index contributed by atoms with van der Waals surface area (Å²) in [6.45, 7) is 1.76. The molecule has 1 atom stereocenters. The van der Waals surface area contributed by atoms with Gasteiger partial charge >= 0.3 is 6.03 Å². The van der Waals surface area contributed by atoms with Gasteiger partial charge < -0.3 is 19.7 Å². The van der Waals surface area contributed by atoms with Crippen LogP contribution < -0.4 is 14.8 Å². The molecular formula is C23H27N3O5. The fraction of sp³-hybridized carbons (Fsp3) is 0.348. The Morgan fingerprint density at radius 1 is 1.06 bits per heavy atom. The highest BCUT2D eigenvalue weighted by Crippen LogP contribution is 2.29. The molecule has 1 N–H and O–H groups in total. The second-order valence-corrected chi connectivity index (χ2v) is 7.57. The molecular weight excluding hydrogens is 398 g/mol. The van der Waals surface area contributed by atoms with Gasteiger partial charge in [-0.3, -0.25) is 14.5 Å². The zero-order valence-electron chi connectivity index (χ0n) is 18.2. The van der Waals surface area contributed by atoms with Gasteiger partial charge in [0.2, 0.25) is 5.91 Å². The Morgan fingerprint density at radius 2 is 1.74 bits per heavy atom. The maximum atomic E-state index is 13.0. The first-order valence-electron chi connectivity index (χ1n) is 9.94. The molecule has 2 aromatic rings. The first-order chi connectivity index (χ1) is 14.8. The van der Waals surface area contributed by atoms with E-state index in [2.05, 4.69) is 5.32 Å². The van der Waals surface area contributed by atoms with E-state index < -0.39 is 17.5 Å². The first-order valence-corrected chi connectivity index (χ1v) is 9.94. The summed E-state index contributed by atoms with van der Waals surface area (Å²) < 4.78 is 10.5. The zero-order chi connectivity index (χ0) is 22.6. The number of urea groups is 1. The molecule has 2 aromatic carbocycles. The molecule has 0 spiro atoms. The number of amides is 4. The molecule has 4 amide bonds. The highest BCUT2D eigenvalue weighted by Gasteiger charge is 2.49. The number of methoxy groups -OCH3 is 2. The Kier molecular flexibility index (Phi) is 6.48. The Balaban J connectivity index is 1.62. The van der Waals surface area contributed by atoms with Gasteiger partial charge in [0, 0.05) is 13.6 Å². The quantitative estimate of drug-likeness (QED) is 0.655. The van der Waals surface area contributed by atoms with E-state index in [4.69, 9.17) is 9.47 Å². The molecule has 1 aliphatic heterocycles. The van der Waals surface area contributed by atoms with E-state index in [1.54, 1.807) is 52.5 Å². The van der Waals surface area contributed by atoms with Crippen LogP contribution in [0.15, 0.2) is 48.5 Å². The number of imide groups is 1. The molecule has 8 heteroatoms. The van der Waals surface area contributed by atoms with Gasteiger partial charge in [0.25, 0.3) is 5.91 Å². The summed E-state index contributed by atoms with van der Waals surface area (Å²) in [5.74, 6) is 0.496. The van der Waals surface area contributed by atoms with Crippen molar-refractivity contribution in [1.82, 2.24) is 15.1 Å². The normalized spacial score (nSPS) is 18.0. The number of ether oxygens (including phenoxy) is 2. The zero-order valence-corrected chi connectivity index (χ0v) is 18.2. The molecule has 0 saturated carbocycles. The Labute approximate surface area is 181 Å². The fourth-order valence-electron chi connectivity index (χ4n) is 3.52. The van der Waals surface area contributed by atoms with E-state index >= 15 is 0 Å². The van der Waals surface area contributed by atoms with Crippen LogP contribution in [0.2, 0.25) is 0 Å². The lowest BCUT2D eigenvalue weighted by atomic mass is 9.92. The Bertz CT molecular complexity index is 978. The number of hydrogen-bond acceptors (Lipinski definition) is 5. The minimum atomic E-state index is -1.18. The second kappa shape index (κ2) is 9.07. The van der Waals surface area contributed by atoms with Crippen LogP contribution in [0.4, 0.5) is 4.79 Å². The van der Waals surface area contributed by atoms with Crippen LogP contribution in [-0.2, 0) is 21.5 Å². The van der Waals surface area contributed by atoms with Crippen LogP contribution in [0.3, 0.4) is 0 Å². The van der Waals surface area contributed by atoms with Gasteiger partial charge in [0.1, 0.15) is 12.1 Å². The lowest BCUT2D eigenvalue weighted by Crippen LogP contribution is -2.44.